The van der Waals surface area contributed by atoms with Crippen molar-refractivity contribution in [1.82, 2.24) is 9.78 Å². The smallest absolute Gasteiger partial charge is 0.129 e. The topological polar surface area (TPSA) is 29.9 Å². The number of nitrogens with one attached hydrogen (secondary N) is 1. The quantitative estimate of drug-likeness (QED) is 0.779. The van der Waals surface area contributed by atoms with Crippen molar-refractivity contribution in [3.63, 3.8) is 0 Å². The Balaban J connectivity index is 1.83. The van der Waals surface area contributed by atoms with Crippen LogP contribution in [0.15, 0.2) is 60.9 Å². The second kappa shape index (κ2) is 5.97. The molecule has 0 radical (unpaired) electrons. The Kier molecular flexibility index (Phi) is 3.88. The van der Waals surface area contributed by atoms with Crippen LogP contribution in [0.5, 0.6) is 0 Å². The van der Waals surface area contributed by atoms with E-state index in [2.05, 4.69) is 10.4 Å². The summed E-state index contributed by atoms with van der Waals surface area (Å²) in [5.41, 5.74) is 2.36. The van der Waals surface area contributed by atoms with E-state index in [1.807, 2.05) is 36.5 Å². The van der Waals surface area contributed by atoms with Crippen LogP contribution in [0, 0.1) is 5.82 Å². The monoisotopic (exact) mass is 301 g/mol. The number of anilines is 1. The van der Waals surface area contributed by atoms with Gasteiger partial charge in [0.1, 0.15) is 5.82 Å². The molecule has 0 fully saturated rings. The molecule has 106 valence electrons. The first-order chi connectivity index (χ1) is 10.2. The van der Waals surface area contributed by atoms with Crippen molar-refractivity contribution in [1.29, 1.82) is 0 Å². The van der Waals surface area contributed by atoms with E-state index in [0.29, 0.717) is 17.1 Å². The summed E-state index contributed by atoms with van der Waals surface area (Å²) < 4.78 is 15.5. The predicted octanol–water partition coefficient (Wildman–Crippen LogP) is 4.28. The second-order valence-electron chi connectivity index (χ2n) is 4.56. The van der Waals surface area contributed by atoms with Crippen LogP contribution in [0.1, 0.15) is 5.56 Å². The highest BCUT2D eigenvalue weighted by Crippen LogP contribution is 2.21. The zero-order chi connectivity index (χ0) is 14.7. The minimum Gasteiger partial charge on any atom is -0.379 e. The van der Waals surface area contributed by atoms with Gasteiger partial charge in [0.15, 0.2) is 0 Å². The van der Waals surface area contributed by atoms with Crippen molar-refractivity contribution < 1.29 is 4.39 Å². The maximum absolute atomic E-state index is 13.8. The largest absolute Gasteiger partial charge is 0.379 e. The highest BCUT2D eigenvalue weighted by atomic mass is 35.5. The molecule has 0 aliphatic carbocycles. The van der Waals surface area contributed by atoms with E-state index in [1.54, 1.807) is 23.0 Å². The lowest BCUT2D eigenvalue weighted by molar-refractivity contribution is 0.613. The van der Waals surface area contributed by atoms with E-state index in [1.165, 1.54) is 6.07 Å². The second-order valence-corrected chi connectivity index (χ2v) is 4.99. The van der Waals surface area contributed by atoms with Gasteiger partial charge in [-0.25, -0.2) is 9.07 Å². The standard InChI is InChI=1S/C16H13ClFN3/c17-13-7-6-12(14(18)10-13)11-19-15-4-1-2-5-16(15)21-9-3-8-20-21/h1-10,19H,11H2. The molecule has 21 heavy (non-hydrogen) atoms. The molecule has 3 nitrogen and oxygen atoms in total. The van der Waals surface area contributed by atoms with Crippen molar-refractivity contribution in [3.8, 4) is 5.69 Å². The van der Waals surface area contributed by atoms with Gasteiger partial charge in [-0.1, -0.05) is 29.8 Å². The molecule has 0 bridgehead atoms. The Hall–Kier alpha value is -2.33. The lowest BCUT2D eigenvalue weighted by Gasteiger charge is -2.12. The summed E-state index contributed by atoms with van der Waals surface area (Å²) in [4.78, 5) is 0. The molecule has 0 unspecified atom stereocenters. The molecule has 0 aliphatic heterocycles. The third-order valence-corrected chi connectivity index (χ3v) is 3.37. The minimum absolute atomic E-state index is 0.313. The lowest BCUT2D eigenvalue weighted by atomic mass is 10.2. The number of hydrogen-bond acceptors (Lipinski definition) is 2. The highest BCUT2D eigenvalue weighted by Gasteiger charge is 2.06. The number of para-hydroxylation sites is 2. The maximum Gasteiger partial charge on any atom is 0.129 e. The molecule has 3 rings (SSSR count). The Labute approximate surface area is 127 Å². The van der Waals surface area contributed by atoms with Gasteiger partial charge in [-0.15, -0.1) is 0 Å². The molecule has 1 N–H and O–H groups in total. The highest BCUT2D eigenvalue weighted by molar-refractivity contribution is 6.30. The Bertz CT molecular complexity index is 741. The molecule has 0 spiro atoms. The zero-order valence-electron chi connectivity index (χ0n) is 11.1. The van der Waals surface area contributed by atoms with E-state index >= 15 is 0 Å². The Morgan fingerprint density at radius 1 is 1.14 bits per heavy atom. The summed E-state index contributed by atoms with van der Waals surface area (Å²) in [5, 5.41) is 7.85. The molecular formula is C16H13ClFN3. The van der Waals surface area contributed by atoms with E-state index in [9.17, 15) is 4.39 Å². The van der Waals surface area contributed by atoms with Gasteiger partial charge >= 0.3 is 0 Å². The summed E-state index contributed by atoms with van der Waals surface area (Å²) in [6.45, 7) is 0.376. The van der Waals surface area contributed by atoms with Crippen LogP contribution in [0.3, 0.4) is 0 Å². The number of hydrogen-bond donors (Lipinski definition) is 1. The van der Waals surface area contributed by atoms with E-state index in [4.69, 9.17) is 11.6 Å². The van der Waals surface area contributed by atoms with Crippen LogP contribution < -0.4 is 5.32 Å². The van der Waals surface area contributed by atoms with Crippen molar-refractivity contribution in [2.45, 2.75) is 6.54 Å². The van der Waals surface area contributed by atoms with E-state index < -0.39 is 0 Å². The molecular weight excluding hydrogens is 289 g/mol. The average Bonchev–Trinajstić information content (AvgIpc) is 3.01. The predicted molar refractivity (Wildman–Crippen MR) is 82.3 cm³/mol. The van der Waals surface area contributed by atoms with Crippen molar-refractivity contribution in [2.75, 3.05) is 5.32 Å². The summed E-state index contributed by atoms with van der Waals surface area (Å²) in [6.07, 6.45) is 3.58. The van der Waals surface area contributed by atoms with Crippen LogP contribution in [0.2, 0.25) is 5.02 Å². The molecule has 1 aromatic heterocycles. The Morgan fingerprint density at radius 2 is 2.00 bits per heavy atom. The summed E-state index contributed by atoms with van der Waals surface area (Å²) in [5.74, 6) is -0.313. The normalized spacial score (nSPS) is 10.6. The van der Waals surface area contributed by atoms with Crippen molar-refractivity contribution in [2.24, 2.45) is 0 Å². The number of aromatic nitrogens is 2. The van der Waals surface area contributed by atoms with Gasteiger partial charge in [-0.2, -0.15) is 5.10 Å². The fourth-order valence-corrected chi connectivity index (χ4v) is 2.25. The molecule has 0 atom stereocenters. The summed E-state index contributed by atoms with van der Waals surface area (Å²) >= 11 is 5.75. The molecule has 3 aromatic rings. The fraction of sp³-hybridized carbons (Fsp3) is 0.0625. The summed E-state index contributed by atoms with van der Waals surface area (Å²) in [6, 6.07) is 14.3. The maximum atomic E-state index is 13.8. The lowest BCUT2D eigenvalue weighted by Crippen LogP contribution is -2.06. The van der Waals surface area contributed by atoms with Gasteiger partial charge in [-0.3, -0.25) is 0 Å². The van der Waals surface area contributed by atoms with Crippen LogP contribution >= 0.6 is 11.6 Å². The van der Waals surface area contributed by atoms with Gasteiger partial charge in [-0.05, 0) is 30.3 Å². The third kappa shape index (κ3) is 3.06. The molecule has 1 heterocycles. The molecule has 0 amide bonds. The Morgan fingerprint density at radius 3 is 2.76 bits per heavy atom. The first kappa shape index (κ1) is 13.6. The zero-order valence-corrected chi connectivity index (χ0v) is 11.9. The third-order valence-electron chi connectivity index (χ3n) is 3.14. The molecule has 2 aromatic carbocycles. The van der Waals surface area contributed by atoms with Gasteiger partial charge in [0.05, 0.1) is 11.4 Å². The van der Waals surface area contributed by atoms with E-state index in [0.717, 1.165) is 11.4 Å². The SMILES string of the molecule is Fc1cc(Cl)ccc1CNc1ccccc1-n1cccn1. The van der Waals surface area contributed by atoms with Gasteiger partial charge in [0.2, 0.25) is 0 Å². The van der Waals surface area contributed by atoms with Gasteiger partial charge < -0.3 is 5.32 Å². The first-order valence-electron chi connectivity index (χ1n) is 6.51. The molecule has 0 aliphatic rings. The van der Waals surface area contributed by atoms with Crippen molar-refractivity contribution in [3.05, 3.63) is 77.3 Å². The minimum atomic E-state index is -0.313. The number of halogens is 2. The van der Waals surface area contributed by atoms with E-state index in [-0.39, 0.29) is 5.82 Å². The van der Waals surface area contributed by atoms with Crippen LogP contribution in [-0.2, 0) is 6.54 Å². The van der Waals surface area contributed by atoms with Crippen LogP contribution in [0.25, 0.3) is 5.69 Å². The first-order valence-corrected chi connectivity index (χ1v) is 6.89. The molecule has 0 saturated heterocycles. The summed E-state index contributed by atoms with van der Waals surface area (Å²) in [7, 11) is 0. The average molecular weight is 302 g/mol. The van der Waals surface area contributed by atoms with Crippen molar-refractivity contribution >= 4 is 17.3 Å². The van der Waals surface area contributed by atoms with Gasteiger partial charge in [0, 0.05) is 29.5 Å². The number of rotatable bonds is 4. The van der Waals surface area contributed by atoms with Gasteiger partial charge in [0.25, 0.3) is 0 Å². The fourth-order valence-electron chi connectivity index (χ4n) is 2.09. The van der Waals surface area contributed by atoms with Crippen LogP contribution in [-0.4, -0.2) is 9.78 Å². The molecule has 0 saturated carbocycles. The molecule has 5 heteroatoms. The number of benzene rings is 2. The number of nitrogens with zero attached hydrogens (tertiary/aromatic N) is 2. The van der Waals surface area contributed by atoms with Crippen LogP contribution in [0.4, 0.5) is 10.1 Å².